The molecule has 0 bridgehead atoms. The Morgan fingerprint density at radius 3 is 2.45 bits per heavy atom. The molecule has 0 fully saturated rings. The first-order valence-corrected chi connectivity index (χ1v) is 6.80. The third-order valence-electron chi connectivity index (χ3n) is 2.62. The van der Waals surface area contributed by atoms with Crippen LogP contribution in [0.3, 0.4) is 0 Å². The zero-order chi connectivity index (χ0) is 14.7. The molecule has 2 rings (SSSR count). The van der Waals surface area contributed by atoms with E-state index in [-0.39, 0.29) is 11.6 Å². The first kappa shape index (κ1) is 15.0. The van der Waals surface area contributed by atoms with Crippen LogP contribution >= 0.6 is 35.4 Å². The topological polar surface area (TPSA) is 35.2 Å². The number of para-hydroxylation sites is 1. The van der Waals surface area contributed by atoms with Crippen LogP contribution in [0, 0.1) is 5.82 Å². The van der Waals surface area contributed by atoms with Crippen molar-refractivity contribution in [3.8, 4) is 5.75 Å². The Bertz CT molecular complexity index is 643. The van der Waals surface area contributed by atoms with Crippen LogP contribution in [0.15, 0.2) is 36.4 Å². The predicted octanol–water partition coefficient (Wildman–Crippen LogP) is 4.35. The van der Waals surface area contributed by atoms with Gasteiger partial charge in [0, 0.05) is 11.1 Å². The van der Waals surface area contributed by atoms with Crippen LogP contribution in [0.2, 0.25) is 10.0 Å². The third-order valence-corrected chi connectivity index (χ3v) is 3.45. The fraction of sp³-hybridized carbons (Fsp3) is 0.0714. The highest BCUT2D eigenvalue weighted by Crippen LogP contribution is 2.33. The molecular formula is C14H10Cl2FNOS. The molecule has 0 atom stereocenters. The summed E-state index contributed by atoms with van der Waals surface area (Å²) in [5, 5.41) is 0.729. The minimum Gasteiger partial charge on any atom is -0.486 e. The van der Waals surface area contributed by atoms with Crippen molar-refractivity contribution in [1.29, 1.82) is 0 Å². The van der Waals surface area contributed by atoms with Gasteiger partial charge in [0.2, 0.25) is 0 Å². The second-order valence-electron chi connectivity index (χ2n) is 4.01. The van der Waals surface area contributed by atoms with E-state index >= 15 is 0 Å². The summed E-state index contributed by atoms with van der Waals surface area (Å²) < 4.78 is 19.2. The zero-order valence-corrected chi connectivity index (χ0v) is 12.5. The number of rotatable bonds is 4. The van der Waals surface area contributed by atoms with E-state index < -0.39 is 5.82 Å². The summed E-state index contributed by atoms with van der Waals surface area (Å²) in [4.78, 5) is 0.196. The van der Waals surface area contributed by atoms with Gasteiger partial charge in [-0.2, -0.15) is 0 Å². The van der Waals surface area contributed by atoms with Crippen molar-refractivity contribution in [3.05, 3.63) is 63.4 Å². The number of benzene rings is 2. The molecule has 0 spiro atoms. The minimum absolute atomic E-state index is 0.0221. The summed E-state index contributed by atoms with van der Waals surface area (Å²) in [6, 6.07) is 9.34. The van der Waals surface area contributed by atoms with E-state index in [1.54, 1.807) is 24.3 Å². The van der Waals surface area contributed by atoms with Gasteiger partial charge < -0.3 is 10.5 Å². The fourth-order valence-corrected chi connectivity index (χ4v) is 2.24. The summed E-state index contributed by atoms with van der Waals surface area (Å²) in [5.74, 6) is -0.0934. The molecule has 0 amide bonds. The van der Waals surface area contributed by atoms with Gasteiger partial charge in [-0.1, -0.05) is 41.5 Å². The van der Waals surface area contributed by atoms with E-state index in [0.29, 0.717) is 26.9 Å². The summed E-state index contributed by atoms with van der Waals surface area (Å²) in [6.07, 6.45) is 0. The van der Waals surface area contributed by atoms with Gasteiger partial charge in [0.25, 0.3) is 0 Å². The average Bonchev–Trinajstić information content (AvgIpc) is 2.39. The molecule has 0 aliphatic heterocycles. The van der Waals surface area contributed by atoms with Crippen molar-refractivity contribution < 1.29 is 9.13 Å². The van der Waals surface area contributed by atoms with Crippen molar-refractivity contribution in [3.63, 3.8) is 0 Å². The van der Waals surface area contributed by atoms with Crippen molar-refractivity contribution in [1.82, 2.24) is 0 Å². The van der Waals surface area contributed by atoms with Gasteiger partial charge in [0.05, 0.1) is 10.0 Å². The molecule has 0 aromatic heterocycles. The molecule has 20 heavy (non-hydrogen) atoms. The van der Waals surface area contributed by atoms with Crippen LogP contribution in [0.5, 0.6) is 5.75 Å². The molecule has 2 nitrogen and oxygen atoms in total. The molecule has 2 aromatic carbocycles. The Morgan fingerprint density at radius 1 is 1.20 bits per heavy atom. The summed E-state index contributed by atoms with van der Waals surface area (Å²) in [7, 11) is 0. The highest BCUT2D eigenvalue weighted by molar-refractivity contribution is 7.80. The molecule has 104 valence electrons. The quantitative estimate of drug-likeness (QED) is 0.847. The van der Waals surface area contributed by atoms with Gasteiger partial charge in [-0.05, 0) is 30.3 Å². The first-order valence-electron chi connectivity index (χ1n) is 5.64. The fourth-order valence-electron chi connectivity index (χ4n) is 1.61. The molecule has 0 saturated carbocycles. The monoisotopic (exact) mass is 329 g/mol. The Labute approximate surface area is 131 Å². The maximum atomic E-state index is 13.7. The van der Waals surface area contributed by atoms with Gasteiger partial charge in [0.15, 0.2) is 5.75 Å². The Morgan fingerprint density at radius 2 is 1.85 bits per heavy atom. The van der Waals surface area contributed by atoms with E-state index in [9.17, 15) is 4.39 Å². The standard InChI is InChI=1S/C14H10Cl2FNOS/c15-10-2-1-3-11(16)13(10)19-7-9-6-8(14(18)20)4-5-12(9)17/h1-6H,7H2,(H2,18,20). The van der Waals surface area contributed by atoms with Crippen molar-refractivity contribution in [2.24, 2.45) is 5.73 Å². The van der Waals surface area contributed by atoms with E-state index in [0.717, 1.165) is 0 Å². The second-order valence-corrected chi connectivity index (χ2v) is 5.26. The summed E-state index contributed by atoms with van der Waals surface area (Å²) in [5.41, 5.74) is 6.41. The van der Waals surface area contributed by atoms with Crippen LogP contribution in [-0.2, 0) is 6.61 Å². The molecule has 2 aromatic rings. The van der Waals surface area contributed by atoms with E-state index in [4.69, 9.17) is 45.9 Å². The number of thiocarbonyl (C=S) groups is 1. The van der Waals surface area contributed by atoms with Crippen molar-refractivity contribution >= 4 is 40.4 Å². The van der Waals surface area contributed by atoms with Crippen molar-refractivity contribution in [2.75, 3.05) is 0 Å². The lowest BCUT2D eigenvalue weighted by molar-refractivity contribution is 0.300. The first-order chi connectivity index (χ1) is 9.49. The maximum absolute atomic E-state index is 13.7. The summed E-state index contributed by atoms with van der Waals surface area (Å²) >= 11 is 16.8. The average molecular weight is 330 g/mol. The number of hydrogen-bond acceptors (Lipinski definition) is 2. The molecule has 0 heterocycles. The van der Waals surface area contributed by atoms with Crippen LogP contribution in [0.4, 0.5) is 4.39 Å². The maximum Gasteiger partial charge on any atom is 0.156 e. The molecule has 6 heteroatoms. The molecule has 0 saturated heterocycles. The van der Waals surface area contributed by atoms with Crippen LogP contribution in [0.1, 0.15) is 11.1 Å². The number of ether oxygens (including phenoxy) is 1. The Kier molecular flexibility index (Phi) is 4.81. The van der Waals surface area contributed by atoms with E-state index in [2.05, 4.69) is 0 Å². The lowest BCUT2D eigenvalue weighted by Gasteiger charge is -2.11. The normalized spacial score (nSPS) is 10.3. The van der Waals surface area contributed by atoms with Gasteiger partial charge in [-0.25, -0.2) is 4.39 Å². The number of halogens is 3. The van der Waals surface area contributed by atoms with Crippen LogP contribution in [-0.4, -0.2) is 4.99 Å². The minimum atomic E-state index is -0.409. The van der Waals surface area contributed by atoms with E-state index in [1.165, 1.54) is 12.1 Å². The van der Waals surface area contributed by atoms with Gasteiger partial charge in [-0.3, -0.25) is 0 Å². The Balaban J connectivity index is 2.23. The molecule has 0 radical (unpaired) electrons. The van der Waals surface area contributed by atoms with Gasteiger partial charge in [-0.15, -0.1) is 0 Å². The smallest absolute Gasteiger partial charge is 0.156 e. The molecule has 0 unspecified atom stereocenters. The van der Waals surface area contributed by atoms with Crippen LogP contribution in [0.25, 0.3) is 0 Å². The summed E-state index contributed by atoms with van der Waals surface area (Å²) in [6.45, 7) is -0.0221. The lowest BCUT2D eigenvalue weighted by Crippen LogP contribution is -2.10. The molecule has 0 aliphatic carbocycles. The largest absolute Gasteiger partial charge is 0.486 e. The molecule has 2 N–H and O–H groups in total. The van der Waals surface area contributed by atoms with E-state index in [1.807, 2.05) is 0 Å². The van der Waals surface area contributed by atoms with Crippen molar-refractivity contribution in [2.45, 2.75) is 6.61 Å². The highest BCUT2D eigenvalue weighted by atomic mass is 35.5. The Hall–Kier alpha value is -1.36. The highest BCUT2D eigenvalue weighted by Gasteiger charge is 2.10. The lowest BCUT2D eigenvalue weighted by atomic mass is 10.1. The van der Waals surface area contributed by atoms with Gasteiger partial charge in [0.1, 0.15) is 17.4 Å². The zero-order valence-electron chi connectivity index (χ0n) is 10.2. The third kappa shape index (κ3) is 3.39. The number of hydrogen-bond donors (Lipinski definition) is 1. The SMILES string of the molecule is NC(=S)c1ccc(F)c(COc2c(Cl)cccc2Cl)c1. The van der Waals surface area contributed by atoms with Crippen LogP contribution < -0.4 is 10.5 Å². The van der Waals surface area contributed by atoms with Gasteiger partial charge >= 0.3 is 0 Å². The molecule has 0 aliphatic rings. The second kappa shape index (κ2) is 6.39. The predicted molar refractivity (Wildman–Crippen MR) is 83.1 cm³/mol. The molecular weight excluding hydrogens is 320 g/mol. The number of nitrogens with two attached hydrogens (primary N) is 1.